The summed E-state index contributed by atoms with van der Waals surface area (Å²) in [5.74, 6) is -0.682. The van der Waals surface area contributed by atoms with Crippen molar-refractivity contribution in [3.05, 3.63) is 29.0 Å². The molecule has 0 atom stereocenters. The molecule has 0 spiro atoms. The van der Waals surface area contributed by atoms with Crippen LogP contribution in [0.25, 0.3) is 0 Å². The molecule has 1 N–H and O–H groups in total. The number of sulfonamides is 1. The van der Waals surface area contributed by atoms with Crippen LogP contribution >= 0.6 is 11.6 Å². The molecule has 0 bridgehead atoms. The molecule has 0 aliphatic rings. The van der Waals surface area contributed by atoms with E-state index in [4.69, 9.17) is 11.6 Å². The van der Waals surface area contributed by atoms with E-state index >= 15 is 0 Å². The minimum Gasteiger partial charge on any atom is -0.281 e. The van der Waals surface area contributed by atoms with Crippen LogP contribution in [0.15, 0.2) is 18.2 Å². The predicted molar refractivity (Wildman–Crippen MR) is 59.1 cm³/mol. The average molecular weight is 252 g/mol. The van der Waals surface area contributed by atoms with Gasteiger partial charge in [-0.1, -0.05) is 18.5 Å². The first-order valence-corrected chi connectivity index (χ1v) is 6.43. The smallest absolute Gasteiger partial charge is 0.232 e. The maximum atomic E-state index is 13.2. The van der Waals surface area contributed by atoms with E-state index in [1.807, 2.05) is 0 Å². The minimum atomic E-state index is -3.47. The van der Waals surface area contributed by atoms with Crippen LogP contribution in [0.2, 0.25) is 5.02 Å². The van der Waals surface area contributed by atoms with Crippen LogP contribution in [0.4, 0.5) is 10.1 Å². The quantitative estimate of drug-likeness (QED) is 0.894. The van der Waals surface area contributed by atoms with Gasteiger partial charge in [0.2, 0.25) is 10.0 Å². The Hall–Kier alpha value is -0.810. The van der Waals surface area contributed by atoms with Crippen LogP contribution in [-0.4, -0.2) is 14.2 Å². The Morgan fingerprint density at radius 1 is 1.47 bits per heavy atom. The van der Waals surface area contributed by atoms with Gasteiger partial charge in [0.05, 0.1) is 11.4 Å². The zero-order valence-corrected chi connectivity index (χ0v) is 9.70. The Morgan fingerprint density at radius 3 is 2.73 bits per heavy atom. The Labute approximate surface area is 93.3 Å². The first-order chi connectivity index (χ1) is 6.94. The molecule has 0 amide bonds. The van der Waals surface area contributed by atoms with Gasteiger partial charge in [-0.3, -0.25) is 4.72 Å². The number of hydrogen-bond acceptors (Lipinski definition) is 2. The molecule has 6 heteroatoms. The average Bonchev–Trinajstić information content (AvgIpc) is 2.10. The summed E-state index contributed by atoms with van der Waals surface area (Å²) in [6, 6.07) is 3.71. The van der Waals surface area contributed by atoms with Crippen molar-refractivity contribution in [2.75, 3.05) is 10.5 Å². The third-order valence-electron chi connectivity index (χ3n) is 1.67. The van der Waals surface area contributed by atoms with Crippen LogP contribution in [-0.2, 0) is 10.0 Å². The van der Waals surface area contributed by atoms with Crippen molar-refractivity contribution < 1.29 is 12.8 Å². The number of anilines is 1. The van der Waals surface area contributed by atoms with Gasteiger partial charge in [0.1, 0.15) is 5.82 Å². The van der Waals surface area contributed by atoms with Crippen molar-refractivity contribution in [2.24, 2.45) is 0 Å². The van der Waals surface area contributed by atoms with Gasteiger partial charge < -0.3 is 0 Å². The first kappa shape index (κ1) is 12.3. The summed E-state index contributed by atoms with van der Waals surface area (Å²) >= 11 is 5.62. The number of rotatable bonds is 4. The molecule has 1 aromatic carbocycles. The third-order valence-corrected chi connectivity index (χ3v) is 3.38. The Morgan fingerprint density at radius 2 is 2.13 bits per heavy atom. The Kier molecular flexibility index (Phi) is 3.93. The monoisotopic (exact) mass is 251 g/mol. The molecule has 0 saturated carbocycles. The summed E-state index contributed by atoms with van der Waals surface area (Å²) in [6.07, 6.45) is 0.470. The molecule has 0 aliphatic heterocycles. The molecule has 1 rings (SSSR count). The lowest BCUT2D eigenvalue weighted by atomic mass is 10.3. The zero-order valence-electron chi connectivity index (χ0n) is 8.13. The van der Waals surface area contributed by atoms with Crippen molar-refractivity contribution in [1.82, 2.24) is 0 Å². The van der Waals surface area contributed by atoms with Gasteiger partial charge in [-0.15, -0.1) is 0 Å². The summed E-state index contributed by atoms with van der Waals surface area (Å²) < 4.78 is 38.0. The van der Waals surface area contributed by atoms with Gasteiger partial charge in [0.15, 0.2) is 0 Å². The normalized spacial score (nSPS) is 11.4. The number of hydrogen-bond donors (Lipinski definition) is 1. The van der Waals surface area contributed by atoms with E-state index in [1.165, 1.54) is 12.1 Å². The Bertz CT molecular complexity index is 447. The van der Waals surface area contributed by atoms with Crippen LogP contribution in [0, 0.1) is 5.82 Å². The molecule has 0 heterocycles. The van der Waals surface area contributed by atoms with Crippen molar-refractivity contribution in [2.45, 2.75) is 13.3 Å². The van der Waals surface area contributed by atoms with E-state index in [1.54, 1.807) is 6.92 Å². The van der Waals surface area contributed by atoms with Crippen LogP contribution < -0.4 is 4.72 Å². The highest BCUT2D eigenvalue weighted by Gasteiger charge is 2.12. The van der Waals surface area contributed by atoms with E-state index in [-0.39, 0.29) is 16.5 Å². The van der Waals surface area contributed by atoms with E-state index in [0.29, 0.717) is 6.42 Å². The van der Waals surface area contributed by atoms with Crippen LogP contribution in [0.5, 0.6) is 0 Å². The molecular formula is C9H11ClFNO2S. The Balaban J connectivity index is 2.94. The van der Waals surface area contributed by atoms with E-state index < -0.39 is 15.8 Å². The van der Waals surface area contributed by atoms with Crippen LogP contribution in [0.1, 0.15) is 13.3 Å². The van der Waals surface area contributed by atoms with Crippen molar-refractivity contribution in [3.63, 3.8) is 0 Å². The second kappa shape index (κ2) is 4.81. The molecule has 1 aromatic rings. The van der Waals surface area contributed by atoms with Gasteiger partial charge in [-0.05, 0) is 24.6 Å². The number of benzene rings is 1. The standard InChI is InChI=1S/C9H11ClFNO2S/c1-2-5-15(13,14)12-9-6-7(10)3-4-8(9)11/h3-4,6,12H,2,5H2,1H3. The summed E-state index contributed by atoms with van der Waals surface area (Å²) in [6.45, 7) is 1.73. The largest absolute Gasteiger partial charge is 0.281 e. The maximum absolute atomic E-state index is 13.2. The van der Waals surface area contributed by atoms with Crippen molar-refractivity contribution in [1.29, 1.82) is 0 Å². The van der Waals surface area contributed by atoms with E-state index in [2.05, 4.69) is 4.72 Å². The number of halogens is 2. The van der Waals surface area contributed by atoms with E-state index in [0.717, 1.165) is 6.07 Å². The summed E-state index contributed by atoms with van der Waals surface area (Å²) in [5, 5.41) is 0.283. The van der Waals surface area contributed by atoms with Gasteiger partial charge in [-0.25, -0.2) is 12.8 Å². The van der Waals surface area contributed by atoms with Crippen molar-refractivity contribution >= 4 is 27.3 Å². The lowest BCUT2D eigenvalue weighted by Gasteiger charge is -2.07. The van der Waals surface area contributed by atoms with Gasteiger partial charge in [0, 0.05) is 5.02 Å². The second-order valence-electron chi connectivity index (χ2n) is 3.05. The lowest BCUT2D eigenvalue weighted by Crippen LogP contribution is -2.16. The molecule has 0 aromatic heterocycles. The fourth-order valence-electron chi connectivity index (χ4n) is 1.06. The predicted octanol–water partition coefficient (Wildman–Crippen LogP) is 2.63. The highest BCUT2D eigenvalue weighted by Crippen LogP contribution is 2.20. The maximum Gasteiger partial charge on any atom is 0.232 e. The van der Waals surface area contributed by atoms with Gasteiger partial charge in [0.25, 0.3) is 0 Å². The molecule has 0 saturated heterocycles. The summed E-state index contributed by atoms with van der Waals surface area (Å²) in [4.78, 5) is 0. The van der Waals surface area contributed by atoms with Gasteiger partial charge in [-0.2, -0.15) is 0 Å². The fourth-order valence-corrected chi connectivity index (χ4v) is 2.37. The highest BCUT2D eigenvalue weighted by atomic mass is 35.5. The fraction of sp³-hybridized carbons (Fsp3) is 0.333. The highest BCUT2D eigenvalue weighted by molar-refractivity contribution is 7.92. The summed E-state index contributed by atoms with van der Waals surface area (Å²) in [7, 11) is -3.47. The first-order valence-electron chi connectivity index (χ1n) is 4.40. The van der Waals surface area contributed by atoms with E-state index in [9.17, 15) is 12.8 Å². The molecular weight excluding hydrogens is 241 g/mol. The number of nitrogens with one attached hydrogen (secondary N) is 1. The molecule has 0 aliphatic carbocycles. The molecule has 3 nitrogen and oxygen atoms in total. The molecule has 84 valence electrons. The molecule has 0 radical (unpaired) electrons. The van der Waals surface area contributed by atoms with Crippen molar-refractivity contribution in [3.8, 4) is 0 Å². The molecule has 15 heavy (non-hydrogen) atoms. The minimum absolute atomic E-state index is 0.0427. The lowest BCUT2D eigenvalue weighted by molar-refractivity contribution is 0.597. The van der Waals surface area contributed by atoms with Gasteiger partial charge >= 0.3 is 0 Å². The SMILES string of the molecule is CCCS(=O)(=O)Nc1cc(Cl)ccc1F. The third kappa shape index (κ3) is 3.68. The molecule has 0 fully saturated rings. The zero-order chi connectivity index (χ0) is 11.5. The van der Waals surface area contributed by atoms with Crippen LogP contribution in [0.3, 0.4) is 0 Å². The summed E-state index contributed by atoms with van der Waals surface area (Å²) in [5.41, 5.74) is -0.115. The second-order valence-corrected chi connectivity index (χ2v) is 5.32. The topological polar surface area (TPSA) is 46.2 Å². The molecule has 0 unspecified atom stereocenters.